The molecule has 1 N–H and O–H groups in total. The summed E-state index contributed by atoms with van der Waals surface area (Å²) in [4.78, 5) is 11.2. The van der Waals surface area contributed by atoms with Crippen molar-refractivity contribution < 1.29 is 22.5 Å². The second kappa shape index (κ2) is 8.12. The van der Waals surface area contributed by atoms with E-state index in [0.29, 0.717) is 23.9 Å². The van der Waals surface area contributed by atoms with Crippen molar-refractivity contribution in [3.63, 3.8) is 0 Å². The van der Waals surface area contributed by atoms with Gasteiger partial charge in [0.1, 0.15) is 10.6 Å². The van der Waals surface area contributed by atoms with Gasteiger partial charge in [-0.1, -0.05) is 24.2 Å². The number of methoxy groups -OCH3 is 1. The Balaban J connectivity index is 2.05. The van der Waals surface area contributed by atoms with E-state index in [1.165, 1.54) is 21.1 Å². The van der Waals surface area contributed by atoms with Crippen molar-refractivity contribution in [2.24, 2.45) is 0 Å². The summed E-state index contributed by atoms with van der Waals surface area (Å²) < 4.78 is 38.3. The van der Waals surface area contributed by atoms with E-state index in [2.05, 4.69) is 10.5 Å². The molecule has 3 rings (SSSR count). The van der Waals surface area contributed by atoms with Gasteiger partial charge in [-0.15, -0.1) is 0 Å². The van der Waals surface area contributed by atoms with Gasteiger partial charge in [0.05, 0.1) is 12.5 Å². The molecule has 1 heterocycles. The summed E-state index contributed by atoms with van der Waals surface area (Å²) in [5.41, 5.74) is 2.12. The van der Waals surface area contributed by atoms with Crippen LogP contribution in [-0.4, -0.2) is 33.6 Å². The molecular weight excluding hydrogens is 394 g/mol. The number of sulfonamides is 1. The van der Waals surface area contributed by atoms with Crippen LogP contribution < -0.4 is 14.4 Å². The van der Waals surface area contributed by atoms with Gasteiger partial charge in [-0.3, -0.25) is 4.79 Å². The van der Waals surface area contributed by atoms with Gasteiger partial charge in [0, 0.05) is 20.5 Å². The third-order valence-corrected chi connectivity index (χ3v) is 6.40. The summed E-state index contributed by atoms with van der Waals surface area (Å²) in [6.45, 7) is 3.70. The fraction of sp³-hybridized carbons (Fsp3) is 0.300. The van der Waals surface area contributed by atoms with Crippen LogP contribution >= 0.6 is 0 Å². The number of hydrogen-bond acceptors (Lipinski definition) is 6. The van der Waals surface area contributed by atoms with Crippen LogP contribution in [-0.2, 0) is 27.8 Å². The molecule has 1 aromatic heterocycles. The van der Waals surface area contributed by atoms with Gasteiger partial charge in [-0.2, -0.15) is 0 Å². The Morgan fingerprint density at radius 1 is 1.21 bits per heavy atom. The van der Waals surface area contributed by atoms with Crippen molar-refractivity contribution in [1.29, 1.82) is 0 Å². The number of carbonyl (C=O) groups is 1. The molecule has 0 atom stereocenters. The zero-order chi connectivity index (χ0) is 21.2. The first kappa shape index (κ1) is 20.7. The number of ether oxygens (including phenoxy) is 1. The van der Waals surface area contributed by atoms with Crippen LogP contribution in [0.25, 0.3) is 11.0 Å². The van der Waals surface area contributed by atoms with Gasteiger partial charge in [-0.25, -0.2) is 12.7 Å². The zero-order valence-corrected chi connectivity index (χ0v) is 17.5. The van der Waals surface area contributed by atoms with E-state index in [4.69, 9.17) is 9.26 Å². The van der Waals surface area contributed by atoms with E-state index in [1.54, 1.807) is 30.3 Å². The highest BCUT2D eigenvalue weighted by Crippen LogP contribution is 2.33. The molecule has 9 heteroatoms. The lowest BCUT2D eigenvalue weighted by molar-refractivity contribution is -0.119. The third kappa shape index (κ3) is 4.04. The maximum atomic E-state index is 13.3. The summed E-state index contributed by atoms with van der Waals surface area (Å²) in [7, 11) is -1.10. The Labute approximate surface area is 169 Å². The van der Waals surface area contributed by atoms with Crippen molar-refractivity contribution in [1.82, 2.24) is 10.5 Å². The fourth-order valence-corrected chi connectivity index (χ4v) is 4.30. The van der Waals surface area contributed by atoms with Crippen LogP contribution in [0.2, 0.25) is 0 Å². The first-order valence-electron chi connectivity index (χ1n) is 9.06. The lowest BCUT2D eigenvalue weighted by Crippen LogP contribution is -2.27. The summed E-state index contributed by atoms with van der Waals surface area (Å²) in [5.74, 6) is 0.264. The third-order valence-electron chi connectivity index (χ3n) is 4.63. The summed E-state index contributed by atoms with van der Waals surface area (Å²) >= 11 is 0. The van der Waals surface area contributed by atoms with Crippen molar-refractivity contribution in [2.45, 2.75) is 31.7 Å². The monoisotopic (exact) mass is 417 g/mol. The molecule has 0 spiro atoms. The minimum Gasteiger partial charge on any atom is -0.495 e. The summed E-state index contributed by atoms with van der Waals surface area (Å²) in [5, 5.41) is 7.21. The average Bonchev–Trinajstić information content (AvgIpc) is 3.14. The molecular formula is C20H23N3O5S. The Bertz CT molecular complexity index is 1150. The predicted octanol–water partition coefficient (Wildman–Crippen LogP) is 2.86. The van der Waals surface area contributed by atoms with Gasteiger partial charge in [0.2, 0.25) is 5.91 Å². The molecule has 0 saturated carbocycles. The van der Waals surface area contributed by atoms with Gasteiger partial charge in [-0.05, 0) is 41.8 Å². The molecule has 0 saturated heterocycles. The molecule has 0 aliphatic carbocycles. The number of carbonyl (C=O) groups excluding carboxylic acids is 1. The SMILES string of the molecule is CCc1ccc(OC)c(S(=O)(=O)N(C)c2noc3ccc(CNC(C)=O)cc23)c1. The van der Waals surface area contributed by atoms with Crippen LogP contribution in [0.5, 0.6) is 5.75 Å². The Hall–Kier alpha value is -3.07. The maximum absolute atomic E-state index is 13.3. The summed E-state index contributed by atoms with van der Waals surface area (Å²) in [6, 6.07) is 10.3. The predicted molar refractivity (Wildman–Crippen MR) is 109 cm³/mol. The number of amides is 1. The molecule has 3 aromatic rings. The Morgan fingerprint density at radius 3 is 2.59 bits per heavy atom. The lowest BCUT2D eigenvalue weighted by atomic mass is 10.1. The Kier molecular flexibility index (Phi) is 5.78. The number of hydrogen-bond donors (Lipinski definition) is 1. The van der Waals surface area contributed by atoms with Crippen LogP contribution in [0, 0.1) is 0 Å². The van der Waals surface area contributed by atoms with Crippen molar-refractivity contribution >= 4 is 32.7 Å². The van der Waals surface area contributed by atoms with Gasteiger partial charge in [0.25, 0.3) is 10.0 Å². The molecule has 0 radical (unpaired) electrons. The number of aryl methyl sites for hydroxylation is 1. The largest absolute Gasteiger partial charge is 0.495 e. The van der Waals surface area contributed by atoms with E-state index in [9.17, 15) is 13.2 Å². The fourth-order valence-electron chi connectivity index (χ4n) is 2.94. The molecule has 0 bridgehead atoms. The molecule has 0 aliphatic heterocycles. The van der Waals surface area contributed by atoms with E-state index in [0.717, 1.165) is 15.4 Å². The lowest BCUT2D eigenvalue weighted by Gasteiger charge is -2.19. The summed E-state index contributed by atoms with van der Waals surface area (Å²) in [6.07, 6.45) is 0.690. The van der Waals surface area contributed by atoms with Gasteiger partial charge >= 0.3 is 0 Å². The molecule has 0 aliphatic rings. The highest BCUT2D eigenvalue weighted by Gasteiger charge is 2.29. The highest BCUT2D eigenvalue weighted by molar-refractivity contribution is 7.93. The average molecular weight is 417 g/mol. The number of fused-ring (bicyclic) bond motifs is 1. The van der Waals surface area contributed by atoms with Crippen molar-refractivity contribution in [3.8, 4) is 5.75 Å². The van der Waals surface area contributed by atoms with E-state index >= 15 is 0 Å². The zero-order valence-electron chi connectivity index (χ0n) is 16.7. The molecule has 154 valence electrons. The van der Waals surface area contributed by atoms with Crippen LogP contribution in [0.15, 0.2) is 45.8 Å². The molecule has 0 unspecified atom stereocenters. The second-order valence-electron chi connectivity index (χ2n) is 6.56. The second-order valence-corrected chi connectivity index (χ2v) is 8.50. The molecule has 8 nitrogen and oxygen atoms in total. The first-order chi connectivity index (χ1) is 13.8. The number of nitrogens with one attached hydrogen (secondary N) is 1. The van der Waals surface area contributed by atoms with Crippen LogP contribution in [0.1, 0.15) is 25.0 Å². The normalized spacial score (nSPS) is 11.4. The first-order valence-corrected chi connectivity index (χ1v) is 10.5. The molecule has 1 amide bonds. The van der Waals surface area contributed by atoms with Gasteiger partial charge in [0.15, 0.2) is 11.4 Å². The van der Waals surface area contributed by atoms with Gasteiger partial charge < -0.3 is 14.6 Å². The van der Waals surface area contributed by atoms with Crippen LogP contribution in [0.4, 0.5) is 5.82 Å². The van der Waals surface area contributed by atoms with Crippen LogP contribution in [0.3, 0.4) is 0 Å². The number of benzene rings is 2. The van der Waals surface area contributed by atoms with Crippen molar-refractivity contribution in [2.75, 3.05) is 18.5 Å². The Morgan fingerprint density at radius 2 is 1.93 bits per heavy atom. The maximum Gasteiger partial charge on any atom is 0.269 e. The minimum atomic E-state index is -3.95. The van der Waals surface area contributed by atoms with E-state index in [-0.39, 0.29) is 22.4 Å². The highest BCUT2D eigenvalue weighted by atomic mass is 32.2. The quantitative estimate of drug-likeness (QED) is 0.634. The number of rotatable bonds is 7. The molecule has 2 aromatic carbocycles. The number of aromatic nitrogens is 1. The molecule has 29 heavy (non-hydrogen) atoms. The number of nitrogens with zero attached hydrogens (tertiary/aromatic N) is 2. The molecule has 0 fully saturated rings. The van der Waals surface area contributed by atoms with Crippen molar-refractivity contribution in [3.05, 3.63) is 47.5 Å². The number of anilines is 1. The van der Waals surface area contributed by atoms with E-state index < -0.39 is 10.0 Å². The standard InChI is InChI=1S/C20H23N3O5S/c1-5-14-6-9-18(27-4)19(11-14)29(25,26)23(3)20-16-10-15(12-21-13(2)24)7-8-17(16)28-22-20/h6-11H,5,12H2,1-4H3,(H,21,24). The topological polar surface area (TPSA) is 102 Å². The van der Waals surface area contributed by atoms with E-state index in [1.807, 2.05) is 13.0 Å². The minimum absolute atomic E-state index is 0.0624. The smallest absolute Gasteiger partial charge is 0.269 e.